The van der Waals surface area contributed by atoms with Gasteiger partial charge in [-0.2, -0.15) is 13.2 Å². The van der Waals surface area contributed by atoms with Crippen molar-refractivity contribution in [3.05, 3.63) is 30.1 Å². The molecule has 0 radical (unpaired) electrons. The number of imidazole rings is 1. The molecule has 1 aliphatic rings. The molecule has 8 heteroatoms. The van der Waals surface area contributed by atoms with E-state index in [-0.39, 0.29) is 37.2 Å². The van der Waals surface area contributed by atoms with Gasteiger partial charge in [0.15, 0.2) is 0 Å². The van der Waals surface area contributed by atoms with Crippen LogP contribution in [0.1, 0.15) is 40.8 Å². The minimum atomic E-state index is -4.19. The van der Waals surface area contributed by atoms with E-state index in [9.17, 15) is 22.8 Å². The van der Waals surface area contributed by atoms with Crippen LogP contribution in [0.5, 0.6) is 0 Å². The van der Waals surface area contributed by atoms with Crippen molar-refractivity contribution in [3.8, 4) is 0 Å². The van der Waals surface area contributed by atoms with Crippen LogP contribution in [-0.2, 0) is 0 Å². The molecule has 0 spiro atoms. The first-order chi connectivity index (χ1) is 11.3. The molecule has 1 aromatic heterocycles. The number of hydrogen-bond donors (Lipinski definition) is 1. The van der Waals surface area contributed by atoms with Crippen molar-refractivity contribution in [2.24, 2.45) is 17.6 Å². The lowest BCUT2D eigenvalue weighted by Crippen LogP contribution is -2.32. The van der Waals surface area contributed by atoms with Crippen molar-refractivity contribution in [1.82, 2.24) is 9.55 Å². The Morgan fingerprint density at radius 3 is 2.42 bits per heavy atom. The maximum atomic E-state index is 12.7. The highest BCUT2D eigenvalue weighted by molar-refractivity contribution is 5.98. The van der Waals surface area contributed by atoms with Gasteiger partial charge in [-0.05, 0) is 43.9 Å². The summed E-state index contributed by atoms with van der Waals surface area (Å²) >= 11 is 0. The summed E-state index contributed by atoms with van der Waals surface area (Å²) in [5, 5.41) is 0. The molecule has 1 amide bonds. The highest BCUT2D eigenvalue weighted by atomic mass is 19.4. The fourth-order valence-electron chi connectivity index (χ4n) is 3.21. The first-order valence-electron chi connectivity index (χ1n) is 7.65. The Morgan fingerprint density at radius 1 is 1.17 bits per heavy atom. The number of amides is 1. The van der Waals surface area contributed by atoms with E-state index in [2.05, 4.69) is 4.98 Å². The van der Waals surface area contributed by atoms with Crippen LogP contribution in [0.4, 0.5) is 13.2 Å². The van der Waals surface area contributed by atoms with Gasteiger partial charge in [0.25, 0.3) is 0 Å². The highest BCUT2D eigenvalue weighted by Gasteiger charge is 2.42. The number of aromatic nitrogens is 2. The van der Waals surface area contributed by atoms with Gasteiger partial charge in [0.2, 0.25) is 11.8 Å². The second-order valence-corrected chi connectivity index (χ2v) is 6.11. The zero-order valence-corrected chi connectivity index (χ0v) is 12.7. The minimum Gasteiger partial charge on any atom is -0.366 e. The van der Waals surface area contributed by atoms with E-state index in [0.717, 1.165) is 0 Å². The third kappa shape index (κ3) is 3.00. The molecule has 0 atom stereocenters. The van der Waals surface area contributed by atoms with Gasteiger partial charge in [-0.25, -0.2) is 4.98 Å². The second kappa shape index (κ2) is 5.92. The van der Waals surface area contributed by atoms with E-state index >= 15 is 0 Å². The first kappa shape index (κ1) is 16.5. The Hall–Kier alpha value is -2.38. The summed E-state index contributed by atoms with van der Waals surface area (Å²) < 4.78 is 39.5. The topological polar surface area (TPSA) is 78.0 Å². The molecule has 24 heavy (non-hydrogen) atoms. The van der Waals surface area contributed by atoms with Gasteiger partial charge in [-0.1, -0.05) is 0 Å². The molecular formula is C16H16F3N3O2. The van der Waals surface area contributed by atoms with Gasteiger partial charge in [-0.15, -0.1) is 0 Å². The van der Waals surface area contributed by atoms with Crippen molar-refractivity contribution in [2.45, 2.75) is 31.9 Å². The van der Waals surface area contributed by atoms with Gasteiger partial charge in [-0.3, -0.25) is 14.2 Å². The summed E-state index contributed by atoms with van der Waals surface area (Å²) in [5.41, 5.74) is 6.45. The lowest BCUT2D eigenvalue weighted by molar-refractivity contribution is -0.183. The monoisotopic (exact) mass is 339 g/mol. The van der Waals surface area contributed by atoms with Gasteiger partial charge in [0, 0.05) is 11.5 Å². The molecule has 1 aliphatic carbocycles. The van der Waals surface area contributed by atoms with Gasteiger partial charge in [0.1, 0.15) is 6.33 Å². The summed E-state index contributed by atoms with van der Waals surface area (Å²) in [6.45, 7) is 0. The molecule has 5 nitrogen and oxygen atoms in total. The van der Waals surface area contributed by atoms with Crippen molar-refractivity contribution in [2.75, 3.05) is 0 Å². The molecule has 0 aliphatic heterocycles. The van der Waals surface area contributed by atoms with Crippen LogP contribution >= 0.6 is 0 Å². The predicted octanol–water partition coefficient (Wildman–Crippen LogP) is 3.14. The van der Waals surface area contributed by atoms with Crippen molar-refractivity contribution < 1.29 is 22.8 Å². The van der Waals surface area contributed by atoms with Crippen LogP contribution in [-0.4, -0.2) is 27.5 Å². The molecule has 2 aromatic rings. The normalized spacial score (nSPS) is 21.8. The minimum absolute atomic E-state index is 0.0294. The van der Waals surface area contributed by atoms with Gasteiger partial charge < -0.3 is 5.73 Å². The Balaban J connectivity index is 1.79. The molecule has 0 bridgehead atoms. The quantitative estimate of drug-likeness (QED) is 0.913. The number of alkyl halides is 3. The molecule has 1 heterocycles. The second-order valence-electron chi connectivity index (χ2n) is 6.11. The van der Waals surface area contributed by atoms with Crippen LogP contribution in [0.2, 0.25) is 0 Å². The van der Waals surface area contributed by atoms with E-state index in [1.807, 2.05) is 0 Å². The molecular weight excluding hydrogens is 323 g/mol. The molecule has 1 aromatic carbocycles. The Kier molecular flexibility index (Phi) is 4.06. The standard InChI is InChI=1S/C16H16F3N3O2/c17-16(18,19)11-4-1-9(2-5-11)15(24)22-8-21-12-7-10(14(20)23)3-6-13(12)22/h3,6-9,11H,1-2,4-5H2,(H2,20,23). The van der Waals surface area contributed by atoms with Gasteiger partial charge in [0.05, 0.1) is 17.0 Å². The number of fused-ring (bicyclic) bond motifs is 1. The smallest absolute Gasteiger partial charge is 0.366 e. The molecule has 1 saturated carbocycles. The number of benzene rings is 1. The first-order valence-corrected chi connectivity index (χ1v) is 7.65. The predicted molar refractivity (Wildman–Crippen MR) is 80.4 cm³/mol. The Bertz CT molecular complexity index is 789. The number of primary amides is 1. The van der Waals surface area contributed by atoms with Gasteiger partial charge >= 0.3 is 6.18 Å². The third-order valence-electron chi connectivity index (χ3n) is 4.61. The molecule has 128 valence electrons. The highest BCUT2D eigenvalue weighted by Crippen LogP contribution is 2.40. The molecule has 1 fully saturated rings. The maximum absolute atomic E-state index is 12.7. The van der Waals surface area contributed by atoms with E-state index in [1.165, 1.54) is 23.0 Å². The summed E-state index contributed by atoms with van der Waals surface area (Å²) in [6.07, 6.45) is -2.49. The van der Waals surface area contributed by atoms with E-state index in [1.54, 1.807) is 6.07 Å². The summed E-state index contributed by atoms with van der Waals surface area (Å²) in [4.78, 5) is 27.9. The number of carbonyl (C=O) groups excluding carboxylic acids is 2. The number of halogens is 3. The maximum Gasteiger partial charge on any atom is 0.391 e. The lowest BCUT2D eigenvalue weighted by atomic mass is 9.81. The van der Waals surface area contributed by atoms with E-state index in [4.69, 9.17) is 5.73 Å². The average Bonchev–Trinajstić information content (AvgIpc) is 2.96. The van der Waals surface area contributed by atoms with Crippen LogP contribution in [0.3, 0.4) is 0 Å². The number of hydrogen-bond acceptors (Lipinski definition) is 3. The zero-order valence-electron chi connectivity index (χ0n) is 12.7. The van der Waals surface area contributed by atoms with Crippen molar-refractivity contribution >= 4 is 22.8 Å². The fraction of sp³-hybridized carbons (Fsp3) is 0.438. The fourth-order valence-corrected chi connectivity index (χ4v) is 3.21. The van der Waals surface area contributed by atoms with Crippen LogP contribution in [0.15, 0.2) is 24.5 Å². The molecule has 0 saturated heterocycles. The van der Waals surface area contributed by atoms with E-state index in [0.29, 0.717) is 11.0 Å². The SMILES string of the molecule is NC(=O)c1ccc2c(c1)ncn2C(=O)C1CCC(C(F)(F)F)CC1. The van der Waals surface area contributed by atoms with Crippen LogP contribution in [0.25, 0.3) is 11.0 Å². The number of carbonyl (C=O) groups is 2. The molecule has 3 rings (SSSR count). The van der Waals surface area contributed by atoms with Crippen molar-refractivity contribution in [3.63, 3.8) is 0 Å². The van der Waals surface area contributed by atoms with Crippen molar-refractivity contribution in [1.29, 1.82) is 0 Å². The number of nitrogens with two attached hydrogens (primary N) is 1. The molecule has 2 N–H and O–H groups in total. The summed E-state index contributed by atoms with van der Waals surface area (Å²) in [6, 6.07) is 4.56. The van der Waals surface area contributed by atoms with Crippen LogP contribution in [0, 0.1) is 11.8 Å². The Labute approximate surface area is 135 Å². The molecule has 0 unspecified atom stereocenters. The largest absolute Gasteiger partial charge is 0.391 e. The number of rotatable bonds is 2. The number of nitrogens with zero attached hydrogens (tertiary/aromatic N) is 2. The summed E-state index contributed by atoms with van der Waals surface area (Å²) in [5.74, 6) is -2.62. The lowest BCUT2D eigenvalue weighted by Gasteiger charge is -2.29. The zero-order chi connectivity index (χ0) is 17.5. The third-order valence-corrected chi connectivity index (χ3v) is 4.61. The average molecular weight is 339 g/mol. The van der Waals surface area contributed by atoms with Crippen LogP contribution < -0.4 is 5.73 Å². The Morgan fingerprint density at radius 2 is 1.83 bits per heavy atom. The van der Waals surface area contributed by atoms with E-state index < -0.39 is 23.9 Å². The summed E-state index contributed by atoms with van der Waals surface area (Å²) in [7, 11) is 0.